The summed E-state index contributed by atoms with van der Waals surface area (Å²) in [4.78, 5) is 23.5. The van der Waals surface area contributed by atoms with Crippen molar-refractivity contribution in [1.29, 1.82) is 0 Å². The molecule has 3 rings (SSSR count). The molecule has 1 fully saturated rings. The van der Waals surface area contributed by atoms with Crippen LogP contribution < -0.4 is 5.73 Å². The molecule has 0 saturated carbocycles. The topological polar surface area (TPSA) is 116 Å². The summed E-state index contributed by atoms with van der Waals surface area (Å²) in [5, 5.41) is 0.0159. The highest BCUT2D eigenvalue weighted by atomic mass is 35.5. The molecule has 0 aliphatic carbocycles. The number of halogens is 1. The number of carbonyl (C=O) groups is 2. The second-order valence-corrected chi connectivity index (χ2v) is 8.62. The number of nitrogens with two attached hydrogens (primary N) is 1. The van der Waals surface area contributed by atoms with Gasteiger partial charge in [-0.3, -0.25) is 4.79 Å². The fraction of sp³-hybridized carbons (Fsp3) is 0.263. The lowest BCUT2D eigenvalue weighted by molar-refractivity contribution is 0.0472. The van der Waals surface area contributed by atoms with E-state index in [0.717, 1.165) is 0 Å². The Morgan fingerprint density at radius 2 is 1.83 bits per heavy atom. The zero-order valence-corrected chi connectivity index (χ0v) is 16.9. The fourth-order valence-corrected chi connectivity index (χ4v) is 4.71. The van der Waals surface area contributed by atoms with Crippen molar-refractivity contribution in [1.82, 2.24) is 4.31 Å². The number of amides is 1. The van der Waals surface area contributed by atoms with Crippen molar-refractivity contribution in [2.24, 2.45) is 5.73 Å². The van der Waals surface area contributed by atoms with Gasteiger partial charge in [0.15, 0.2) is 0 Å². The van der Waals surface area contributed by atoms with E-state index in [1.165, 1.54) is 28.6 Å². The number of hydrogen-bond donors (Lipinski definition) is 1. The van der Waals surface area contributed by atoms with Crippen LogP contribution in [0.1, 0.15) is 26.3 Å². The van der Waals surface area contributed by atoms with Gasteiger partial charge < -0.3 is 15.2 Å². The number of hydrogen-bond acceptors (Lipinski definition) is 6. The molecule has 0 atom stereocenters. The lowest BCUT2D eigenvalue weighted by Gasteiger charge is -2.26. The number of rotatable bonds is 6. The van der Waals surface area contributed by atoms with E-state index in [2.05, 4.69) is 0 Å². The highest BCUT2D eigenvalue weighted by Crippen LogP contribution is 2.27. The third kappa shape index (κ3) is 4.94. The summed E-state index contributed by atoms with van der Waals surface area (Å²) in [5.74, 6) is -1.31. The quantitative estimate of drug-likeness (QED) is 0.687. The van der Waals surface area contributed by atoms with E-state index in [-0.39, 0.29) is 35.2 Å². The van der Waals surface area contributed by atoms with Gasteiger partial charge in [-0.05, 0) is 35.9 Å². The summed E-state index contributed by atoms with van der Waals surface area (Å²) >= 11 is 6.09. The van der Waals surface area contributed by atoms with E-state index in [0.29, 0.717) is 24.3 Å². The standard InChI is InChI=1S/C19H19ClN2O6S/c20-16-5-4-15(11-17(16)29(25,26)22-6-8-27-9-7-22)19(24)28-12-13-2-1-3-14(10-13)18(21)23/h1-5,10-11H,6-9,12H2,(H2,21,23). The van der Waals surface area contributed by atoms with Crippen LogP contribution in [-0.2, 0) is 26.1 Å². The van der Waals surface area contributed by atoms with Crippen LogP contribution in [-0.4, -0.2) is 50.9 Å². The minimum atomic E-state index is -3.87. The number of sulfonamides is 1. The van der Waals surface area contributed by atoms with Crippen LogP contribution in [0.15, 0.2) is 47.4 Å². The zero-order valence-electron chi connectivity index (χ0n) is 15.3. The number of primary amides is 1. The molecular weight excluding hydrogens is 420 g/mol. The van der Waals surface area contributed by atoms with Crippen LogP contribution in [0.4, 0.5) is 0 Å². The van der Waals surface area contributed by atoms with Crippen LogP contribution in [0.5, 0.6) is 0 Å². The Hall–Kier alpha value is -2.46. The molecule has 1 aliphatic heterocycles. The first-order valence-corrected chi connectivity index (χ1v) is 10.5. The highest BCUT2D eigenvalue weighted by molar-refractivity contribution is 7.89. The van der Waals surface area contributed by atoms with Crippen LogP contribution in [0.3, 0.4) is 0 Å². The summed E-state index contributed by atoms with van der Waals surface area (Å²) in [6.07, 6.45) is 0. The smallest absolute Gasteiger partial charge is 0.338 e. The number of carbonyl (C=O) groups excluding carboxylic acids is 2. The molecule has 1 saturated heterocycles. The molecule has 1 aliphatic rings. The largest absolute Gasteiger partial charge is 0.457 e. The van der Waals surface area contributed by atoms with E-state index in [1.807, 2.05) is 0 Å². The first kappa shape index (κ1) is 21.3. The molecule has 8 nitrogen and oxygen atoms in total. The summed E-state index contributed by atoms with van der Waals surface area (Å²) < 4.78 is 37.4. The van der Waals surface area contributed by atoms with E-state index in [9.17, 15) is 18.0 Å². The van der Waals surface area contributed by atoms with Gasteiger partial charge in [-0.25, -0.2) is 13.2 Å². The summed E-state index contributed by atoms with van der Waals surface area (Å²) in [5.41, 5.74) is 6.15. The lowest BCUT2D eigenvalue weighted by atomic mass is 10.1. The molecule has 0 aromatic heterocycles. The van der Waals surface area contributed by atoms with Crippen molar-refractivity contribution < 1.29 is 27.5 Å². The molecule has 0 spiro atoms. The molecule has 1 amide bonds. The Morgan fingerprint density at radius 1 is 1.10 bits per heavy atom. The van der Waals surface area contributed by atoms with Gasteiger partial charge in [0.05, 0.1) is 23.8 Å². The number of ether oxygens (including phenoxy) is 2. The summed E-state index contributed by atoms with van der Waals surface area (Å²) in [7, 11) is -3.87. The van der Waals surface area contributed by atoms with Crippen LogP contribution >= 0.6 is 11.6 Å². The second kappa shape index (κ2) is 8.91. The molecule has 2 aromatic rings. The lowest BCUT2D eigenvalue weighted by Crippen LogP contribution is -2.40. The summed E-state index contributed by atoms with van der Waals surface area (Å²) in [6.45, 7) is 0.910. The molecule has 2 aromatic carbocycles. The fourth-order valence-electron chi connectivity index (χ4n) is 2.80. The molecule has 29 heavy (non-hydrogen) atoms. The van der Waals surface area contributed by atoms with Crippen molar-refractivity contribution in [2.75, 3.05) is 26.3 Å². The average molecular weight is 439 g/mol. The molecule has 0 bridgehead atoms. The van der Waals surface area contributed by atoms with Gasteiger partial charge in [0.2, 0.25) is 15.9 Å². The highest BCUT2D eigenvalue weighted by Gasteiger charge is 2.29. The number of esters is 1. The van der Waals surface area contributed by atoms with Gasteiger partial charge >= 0.3 is 5.97 Å². The Kier molecular flexibility index (Phi) is 6.53. The van der Waals surface area contributed by atoms with Gasteiger partial charge in [0, 0.05) is 18.7 Å². The zero-order chi connectivity index (χ0) is 21.0. The van der Waals surface area contributed by atoms with Crippen molar-refractivity contribution in [3.05, 3.63) is 64.2 Å². The molecule has 0 radical (unpaired) electrons. The predicted molar refractivity (Wildman–Crippen MR) is 105 cm³/mol. The van der Waals surface area contributed by atoms with Gasteiger partial charge in [-0.15, -0.1) is 0 Å². The van der Waals surface area contributed by atoms with Crippen LogP contribution in [0.25, 0.3) is 0 Å². The van der Waals surface area contributed by atoms with E-state index < -0.39 is 21.9 Å². The van der Waals surface area contributed by atoms with Gasteiger partial charge in [-0.1, -0.05) is 23.7 Å². The maximum absolute atomic E-state index is 12.9. The average Bonchev–Trinajstić information content (AvgIpc) is 2.73. The third-order valence-corrected chi connectivity index (χ3v) is 6.72. The van der Waals surface area contributed by atoms with E-state index in [4.69, 9.17) is 26.8 Å². The van der Waals surface area contributed by atoms with Crippen molar-refractivity contribution in [2.45, 2.75) is 11.5 Å². The normalized spacial score (nSPS) is 15.1. The Balaban J connectivity index is 1.77. The maximum Gasteiger partial charge on any atom is 0.338 e. The first-order valence-electron chi connectivity index (χ1n) is 8.72. The minimum absolute atomic E-state index is 0.0159. The molecule has 1 heterocycles. The molecule has 154 valence electrons. The van der Waals surface area contributed by atoms with E-state index in [1.54, 1.807) is 18.2 Å². The Labute approximate surface area is 173 Å². The maximum atomic E-state index is 12.9. The molecular formula is C19H19ClN2O6S. The Morgan fingerprint density at radius 3 is 2.52 bits per heavy atom. The van der Waals surface area contributed by atoms with Crippen molar-refractivity contribution in [3.8, 4) is 0 Å². The predicted octanol–water partition coefficient (Wildman–Crippen LogP) is 1.82. The second-order valence-electron chi connectivity index (χ2n) is 6.30. The number of nitrogens with zero attached hydrogens (tertiary/aromatic N) is 1. The third-order valence-electron chi connectivity index (χ3n) is 4.34. The van der Waals surface area contributed by atoms with Crippen molar-refractivity contribution in [3.63, 3.8) is 0 Å². The van der Waals surface area contributed by atoms with Gasteiger partial charge in [-0.2, -0.15) is 4.31 Å². The summed E-state index contributed by atoms with van der Waals surface area (Å²) in [6, 6.07) is 10.3. The molecule has 10 heteroatoms. The van der Waals surface area contributed by atoms with Gasteiger partial charge in [0.25, 0.3) is 0 Å². The van der Waals surface area contributed by atoms with E-state index >= 15 is 0 Å². The number of benzene rings is 2. The molecule has 2 N–H and O–H groups in total. The SMILES string of the molecule is NC(=O)c1cccc(COC(=O)c2ccc(Cl)c(S(=O)(=O)N3CCOCC3)c2)c1. The van der Waals surface area contributed by atoms with Gasteiger partial charge in [0.1, 0.15) is 11.5 Å². The monoisotopic (exact) mass is 438 g/mol. The number of morpholine rings is 1. The van der Waals surface area contributed by atoms with Crippen LogP contribution in [0.2, 0.25) is 5.02 Å². The Bertz CT molecular complexity index is 1030. The minimum Gasteiger partial charge on any atom is -0.457 e. The molecule has 0 unspecified atom stereocenters. The first-order chi connectivity index (χ1) is 13.8. The van der Waals surface area contributed by atoms with Crippen LogP contribution in [0, 0.1) is 0 Å². The van der Waals surface area contributed by atoms with Crippen molar-refractivity contribution >= 4 is 33.5 Å².